The van der Waals surface area contributed by atoms with E-state index >= 15 is 0 Å². The zero-order valence-electron chi connectivity index (χ0n) is 11.5. The van der Waals surface area contributed by atoms with Crippen molar-refractivity contribution in [2.45, 2.75) is 31.6 Å². The molecule has 0 saturated heterocycles. The van der Waals surface area contributed by atoms with E-state index in [1.807, 2.05) is 12.1 Å². The van der Waals surface area contributed by atoms with Crippen LogP contribution in [0.3, 0.4) is 0 Å². The molecule has 0 nitrogen and oxygen atoms in total. The normalized spacial score (nSPS) is 14.1. The first-order valence-electron chi connectivity index (χ1n) is 6.72. The van der Waals surface area contributed by atoms with Crippen molar-refractivity contribution in [2.75, 3.05) is 0 Å². The Hall–Kier alpha value is -0.860. The lowest BCUT2D eigenvalue weighted by molar-refractivity contribution is 0.605. The van der Waals surface area contributed by atoms with Gasteiger partial charge in [0.2, 0.25) is 0 Å². The second-order valence-corrected chi connectivity index (χ2v) is 6.27. The third kappa shape index (κ3) is 3.24. The largest absolute Gasteiger partial charge is 0.205 e. The Kier molecular flexibility index (Phi) is 5.22. The number of rotatable bonds is 4. The fourth-order valence-electron chi connectivity index (χ4n) is 2.12. The smallest absolute Gasteiger partial charge is 0.142 e. The van der Waals surface area contributed by atoms with Crippen LogP contribution in [0.25, 0.3) is 0 Å². The molecule has 0 radical (unpaired) electrons. The molecule has 3 heteroatoms. The summed E-state index contributed by atoms with van der Waals surface area (Å²) in [6, 6.07) is 13.3. The molecule has 0 fully saturated rings. The Bertz CT molecular complexity index is 580. The number of alkyl halides is 1. The van der Waals surface area contributed by atoms with E-state index in [2.05, 4.69) is 41.9 Å². The molecule has 106 valence electrons. The zero-order valence-corrected chi connectivity index (χ0v) is 13.9. The molecule has 0 saturated carbocycles. The highest BCUT2D eigenvalue weighted by molar-refractivity contribution is 9.10. The molecular weight excluding hydrogens is 339 g/mol. The maximum absolute atomic E-state index is 14.1. The molecule has 0 spiro atoms. The van der Waals surface area contributed by atoms with Crippen LogP contribution >= 0.6 is 27.5 Å². The second kappa shape index (κ2) is 6.73. The van der Waals surface area contributed by atoms with Gasteiger partial charge in [-0.15, -0.1) is 11.6 Å². The van der Waals surface area contributed by atoms with Gasteiger partial charge in [0.15, 0.2) is 0 Å². The van der Waals surface area contributed by atoms with Gasteiger partial charge in [-0.3, -0.25) is 0 Å². The van der Waals surface area contributed by atoms with Gasteiger partial charge in [-0.2, -0.15) is 0 Å². The van der Waals surface area contributed by atoms with E-state index in [0.29, 0.717) is 16.0 Å². The molecule has 0 N–H and O–H groups in total. The summed E-state index contributed by atoms with van der Waals surface area (Å²) >= 11 is 9.61. The maximum atomic E-state index is 14.1. The van der Waals surface area contributed by atoms with Crippen molar-refractivity contribution in [2.24, 2.45) is 0 Å². The number of halogens is 3. The highest BCUT2D eigenvalue weighted by atomic mass is 79.9. The predicted octanol–water partition coefficient (Wildman–Crippen LogP) is 6.43. The van der Waals surface area contributed by atoms with Gasteiger partial charge in [0.1, 0.15) is 5.82 Å². The van der Waals surface area contributed by atoms with Crippen LogP contribution < -0.4 is 0 Å². The van der Waals surface area contributed by atoms with E-state index in [9.17, 15) is 4.39 Å². The summed E-state index contributed by atoms with van der Waals surface area (Å²) < 4.78 is 14.5. The molecule has 2 aromatic carbocycles. The maximum Gasteiger partial charge on any atom is 0.142 e. The van der Waals surface area contributed by atoms with Crippen LogP contribution in [0, 0.1) is 5.82 Å². The quantitative estimate of drug-likeness (QED) is 0.554. The van der Waals surface area contributed by atoms with Crippen LogP contribution in [0.4, 0.5) is 4.39 Å². The van der Waals surface area contributed by atoms with Gasteiger partial charge in [-0.1, -0.05) is 50.2 Å². The molecule has 2 rings (SSSR count). The molecule has 0 amide bonds. The minimum Gasteiger partial charge on any atom is -0.205 e. The van der Waals surface area contributed by atoms with Crippen molar-refractivity contribution in [3.05, 3.63) is 69.4 Å². The lowest BCUT2D eigenvalue weighted by Crippen LogP contribution is -1.99. The molecule has 20 heavy (non-hydrogen) atoms. The van der Waals surface area contributed by atoms with Gasteiger partial charge >= 0.3 is 0 Å². The highest BCUT2D eigenvalue weighted by Gasteiger charge is 2.17. The standard InChI is InChI=1S/C17H17BrClF/c1-3-11(2)12-7-9-13(10-8-12)16(19)14-5-4-6-15(18)17(14)20/h4-11,16H,3H2,1-2H3. The fourth-order valence-corrected chi connectivity index (χ4v) is 2.82. The first-order valence-corrected chi connectivity index (χ1v) is 7.95. The van der Waals surface area contributed by atoms with E-state index in [1.54, 1.807) is 18.2 Å². The molecule has 0 aliphatic carbocycles. The van der Waals surface area contributed by atoms with Gasteiger partial charge in [0.25, 0.3) is 0 Å². The van der Waals surface area contributed by atoms with Gasteiger partial charge in [-0.25, -0.2) is 4.39 Å². The van der Waals surface area contributed by atoms with Gasteiger partial charge < -0.3 is 0 Å². The first kappa shape index (κ1) is 15.5. The van der Waals surface area contributed by atoms with E-state index in [4.69, 9.17) is 11.6 Å². The van der Waals surface area contributed by atoms with Crippen LogP contribution in [-0.2, 0) is 0 Å². The lowest BCUT2D eigenvalue weighted by Gasteiger charge is -2.14. The minimum atomic E-state index is -0.474. The summed E-state index contributed by atoms with van der Waals surface area (Å²) in [6.45, 7) is 4.36. The molecule has 2 aromatic rings. The van der Waals surface area contributed by atoms with Crippen LogP contribution in [0.2, 0.25) is 0 Å². The molecule has 0 aliphatic heterocycles. The van der Waals surface area contributed by atoms with Crippen LogP contribution in [0.5, 0.6) is 0 Å². The Balaban J connectivity index is 2.29. The van der Waals surface area contributed by atoms with E-state index in [0.717, 1.165) is 12.0 Å². The first-order chi connectivity index (χ1) is 9.54. The van der Waals surface area contributed by atoms with Gasteiger partial charge in [0.05, 0.1) is 9.85 Å². The highest BCUT2D eigenvalue weighted by Crippen LogP contribution is 2.33. The van der Waals surface area contributed by atoms with E-state index < -0.39 is 5.38 Å². The Morgan fingerprint density at radius 1 is 1.10 bits per heavy atom. The summed E-state index contributed by atoms with van der Waals surface area (Å²) in [5.41, 5.74) is 2.70. The van der Waals surface area contributed by atoms with Crippen molar-refractivity contribution in [3.8, 4) is 0 Å². The topological polar surface area (TPSA) is 0 Å². The number of hydrogen-bond donors (Lipinski definition) is 0. The summed E-state index contributed by atoms with van der Waals surface area (Å²) in [5.74, 6) is 0.235. The third-order valence-electron chi connectivity index (χ3n) is 3.67. The van der Waals surface area contributed by atoms with Crippen molar-refractivity contribution in [3.63, 3.8) is 0 Å². The molecule has 0 aromatic heterocycles. The van der Waals surface area contributed by atoms with E-state index in [-0.39, 0.29) is 5.82 Å². The average molecular weight is 356 g/mol. The molecule has 0 aliphatic rings. The zero-order chi connectivity index (χ0) is 14.7. The fraction of sp³-hybridized carbons (Fsp3) is 0.294. The molecule has 0 bridgehead atoms. The third-order valence-corrected chi connectivity index (χ3v) is 4.76. The van der Waals surface area contributed by atoms with Crippen molar-refractivity contribution in [1.29, 1.82) is 0 Å². The van der Waals surface area contributed by atoms with Crippen LogP contribution in [0.1, 0.15) is 48.3 Å². The number of benzene rings is 2. The van der Waals surface area contributed by atoms with Gasteiger partial charge in [0, 0.05) is 5.56 Å². The van der Waals surface area contributed by atoms with Crippen LogP contribution in [0.15, 0.2) is 46.9 Å². The van der Waals surface area contributed by atoms with Crippen molar-refractivity contribution in [1.82, 2.24) is 0 Å². The summed E-state index contributed by atoms with van der Waals surface area (Å²) in [6.07, 6.45) is 1.10. The molecular formula is C17H17BrClF. The van der Waals surface area contributed by atoms with Crippen molar-refractivity contribution < 1.29 is 4.39 Å². The Morgan fingerprint density at radius 2 is 1.70 bits per heavy atom. The van der Waals surface area contributed by atoms with Crippen molar-refractivity contribution >= 4 is 27.5 Å². The average Bonchev–Trinajstić information content (AvgIpc) is 2.48. The summed E-state index contributed by atoms with van der Waals surface area (Å²) in [7, 11) is 0. The van der Waals surface area contributed by atoms with Crippen LogP contribution in [-0.4, -0.2) is 0 Å². The second-order valence-electron chi connectivity index (χ2n) is 4.98. The SMILES string of the molecule is CCC(C)c1ccc(C(Cl)c2cccc(Br)c2F)cc1. The molecule has 0 heterocycles. The minimum absolute atomic E-state index is 0.293. The monoisotopic (exact) mass is 354 g/mol. The van der Waals surface area contributed by atoms with E-state index in [1.165, 1.54) is 5.56 Å². The Morgan fingerprint density at radius 3 is 2.30 bits per heavy atom. The Labute approximate surface area is 133 Å². The molecule has 2 atom stereocenters. The predicted molar refractivity (Wildman–Crippen MR) is 86.9 cm³/mol. The molecule has 2 unspecified atom stereocenters. The van der Waals surface area contributed by atoms with Gasteiger partial charge in [-0.05, 0) is 45.5 Å². The number of hydrogen-bond acceptors (Lipinski definition) is 0. The summed E-state index contributed by atoms with van der Waals surface area (Å²) in [5, 5.41) is -0.474. The summed E-state index contributed by atoms with van der Waals surface area (Å²) in [4.78, 5) is 0. The lowest BCUT2D eigenvalue weighted by atomic mass is 9.96.